The summed E-state index contributed by atoms with van der Waals surface area (Å²) < 4.78 is 21.7. The molecule has 3 aromatic carbocycles. The molecule has 0 atom stereocenters. The lowest BCUT2D eigenvalue weighted by atomic mass is 10.2. The number of ether oxygens (including phenoxy) is 3. The van der Waals surface area contributed by atoms with Crippen LogP contribution in [0.3, 0.4) is 0 Å². The number of rotatable bonds is 6. The average molecular weight is 457 g/mol. The number of para-hydroxylation sites is 1. The zero-order valence-electron chi connectivity index (χ0n) is 15.8. The standard InChI is InChI=1S/C23H14Cl2O6/c24-14-5-7-15(8-6-14)28-13-22(26)30-16-9-10-17-20(11-16)29-12-21(23(17)27)31-19-4-2-1-3-18(19)25/h1-12H,13H2. The number of benzene rings is 3. The number of hydrogen-bond acceptors (Lipinski definition) is 6. The lowest BCUT2D eigenvalue weighted by molar-refractivity contribution is -0.136. The Morgan fingerprint density at radius 2 is 1.65 bits per heavy atom. The van der Waals surface area contributed by atoms with Crippen LogP contribution < -0.4 is 19.6 Å². The number of fused-ring (bicyclic) bond motifs is 1. The lowest BCUT2D eigenvalue weighted by Gasteiger charge is -2.09. The van der Waals surface area contributed by atoms with E-state index in [1.807, 2.05) is 0 Å². The first-order valence-corrected chi connectivity index (χ1v) is 9.82. The maximum Gasteiger partial charge on any atom is 0.349 e. The molecule has 0 radical (unpaired) electrons. The molecule has 31 heavy (non-hydrogen) atoms. The van der Waals surface area contributed by atoms with E-state index in [2.05, 4.69) is 0 Å². The van der Waals surface area contributed by atoms with E-state index >= 15 is 0 Å². The minimum Gasteiger partial charge on any atom is -0.482 e. The van der Waals surface area contributed by atoms with Crippen molar-refractivity contribution in [3.8, 4) is 23.0 Å². The fourth-order valence-corrected chi connectivity index (χ4v) is 3.01. The smallest absolute Gasteiger partial charge is 0.349 e. The van der Waals surface area contributed by atoms with Crippen molar-refractivity contribution in [1.82, 2.24) is 0 Å². The van der Waals surface area contributed by atoms with Crippen molar-refractivity contribution in [1.29, 1.82) is 0 Å². The molecule has 0 saturated heterocycles. The number of esters is 1. The van der Waals surface area contributed by atoms with Gasteiger partial charge in [0.1, 0.15) is 29.1 Å². The van der Waals surface area contributed by atoms with Gasteiger partial charge in [-0.1, -0.05) is 35.3 Å². The second kappa shape index (κ2) is 9.12. The number of carbonyl (C=O) groups is 1. The summed E-state index contributed by atoms with van der Waals surface area (Å²) in [5.41, 5.74) is -0.148. The Morgan fingerprint density at radius 1 is 0.903 bits per heavy atom. The van der Waals surface area contributed by atoms with Crippen LogP contribution in [0.1, 0.15) is 0 Å². The quantitative estimate of drug-likeness (QED) is 0.266. The third-order valence-electron chi connectivity index (χ3n) is 4.17. The number of halogens is 2. The lowest BCUT2D eigenvalue weighted by Crippen LogP contribution is -2.17. The second-order valence-corrected chi connectivity index (χ2v) is 7.18. The molecule has 0 aliphatic rings. The normalized spacial score (nSPS) is 10.6. The summed E-state index contributed by atoms with van der Waals surface area (Å²) in [6, 6.07) is 17.8. The highest BCUT2D eigenvalue weighted by Gasteiger charge is 2.13. The van der Waals surface area contributed by atoms with Gasteiger partial charge < -0.3 is 18.6 Å². The second-order valence-electron chi connectivity index (χ2n) is 6.34. The Hall–Kier alpha value is -3.48. The van der Waals surface area contributed by atoms with Crippen LogP contribution in [-0.4, -0.2) is 12.6 Å². The third-order valence-corrected chi connectivity index (χ3v) is 4.74. The first kappa shape index (κ1) is 20.8. The number of hydrogen-bond donors (Lipinski definition) is 0. The zero-order valence-corrected chi connectivity index (χ0v) is 17.4. The highest BCUT2D eigenvalue weighted by Crippen LogP contribution is 2.29. The molecule has 0 aliphatic carbocycles. The van der Waals surface area contributed by atoms with Gasteiger partial charge in [-0.15, -0.1) is 0 Å². The van der Waals surface area contributed by atoms with Gasteiger partial charge in [-0.25, -0.2) is 4.79 Å². The minimum absolute atomic E-state index is 0.0123. The van der Waals surface area contributed by atoms with E-state index in [1.165, 1.54) is 24.5 Å². The molecule has 0 amide bonds. The Balaban J connectivity index is 1.46. The monoisotopic (exact) mass is 456 g/mol. The van der Waals surface area contributed by atoms with Gasteiger partial charge in [-0.05, 0) is 48.5 Å². The summed E-state index contributed by atoms with van der Waals surface area (Å²) in [5.74, 6) is 0.399. The summed E-state index contributed by atoms with van der Waals surface area (Å²) >= 11 is 11.9. The highest BCUT2D eigenvalue weighted by atomic mass is 35.5. The molecule has 0 N–H and O–H groups in total. The predicted octanol–water partition coefficient (Wildman–Crippen LogP) is 5.88. The van der Waals surface area contributed by atoms with Crippen LogP contribution in [0.5, 0.6) is 23.0 Å². The summed E-state index contributed by atoms with van der Waals surface area (Å²) in [5, 5.41) is 1.19. The van der Waals surface area contributed by atoms with Crippen molar-refractivity contribution in [2.75, 3.05) is 6.61 Å². The Morgan fingerprint density at radius 3 is 2.42 bits per heavy atom. The Labute approximate surface area is 186 Å². The summed E-state index contributed by atoms with van der Waals surface area (Å²) in [6.07, 6.45) is 1.18. The fourth-order valence-electron chi connectivity index (χ4n) is 2.70. The molecular formula is C23H14Cl2O6. The van der Waals surface area contributed by atoms with Crippen LogP contribution in [0.15, 0.2) is 82.2 Å². The van der Waals surface area contributed by atoms with Crippen LogP contribution in [-0.2, 0) is 4.79 Å². The maximum atomic E-state index is 12.7. The van der Waals surface area contributed by atoms with Gasteiger partial charge in [0.2, 0.25) is 11.2 Å². The maximum absolute atomic E-state index is 12.7. The topological polar surface area (TPSA) is 75.0 Å². The molecule has 4 rings (SSSR count). The molecule has 0 spiro atoms. The van der Waals surface area contributed by atoms with Crippen molar-refractivity contribution in [3.05, 3.63) is 93.3 Å². The van der Waals surface area contributed by atoms with Gasteiger partial charge >= 0.3 is 5.97 Å². The molecule has 0 unspecified atom stereocenters. The first-order valence-electron chi connectivity index (χ1n) is 9.06. The molecule has 6 nitrogen and oxygen atoms in total. The summed E-state index contributed by atoms with van der Waals surface area (Å²) in [6.45, 7) is -0.297. The van der Waals surface area contributed by atoms with E-state index in [1.54, 1.807) is 48.5 Å². The van der Waals surface area contributed by atoms with Gasteiger partial charge in [-0.2, -0.15) is 0 Å². The van der Waals surface area contributed by atoms with Crippen molar-refractivity contribution in [3.63, 3.8) is 0 Å². The molecule has 1 heterocycles. The van der Waals surface area contributed by atoms with Gasteiger partial charge in [0.15, 0.2) is 6.61 Å². The van der Waals surface area contributed by atoms with Crippen molar-refractivity contribution < 1.29 is 23.4 Å². The van der Waals surface area contributed by atoms with Gasteiger partial charge in [0.05, 0.1) is 10.4 Å². The summed E-state index contributed by atoms with van der Waals surface area (Å²) in [7, 11) is 0. The first-order chi connectivity index (χ1) is 15.0. The van der Waals surface area contributed by atoms with Crippen LogP contribution in [0.4, 0.5) is 0 Å². The third kappa shape index (κ3) is 4.99. The summed E-state index contributed by atoms with van der Waals surface area (Å²) in [4.78, 5) is 24.7. The SMILES string of the molecule is O=C(COc1ccc(Cl)cc1)Oc1ccc2c(=O)c(Oc3ccccc3Cl)coc2c1. The van der Waals surface area contributed by atoms with E-state index in [4.69, 9.17) is 41.8 Å². The van der Waals surface area contributed by atoms with Gasteiger partial charge in [0.25, 0.3) is 0 Å². The molecule has 4 aromatic rings. The Kier molecular flexibility index (Phi) is 6.11. The minimum atomic E-state index is -0.615. The molecule has 0 aliphatic heterocycles. The Bertz CT molecular complexity index is 1300. The van der Waals surface area contributed by atoms with E-state index in [-0.39, 0.29) is 34.5 Å². The van der Waals surface area contributed by atoms with Crippen molar-refractivity contribution >= 4 is 40.1 Å². The van der Waals surface area contributed by atoms with Crippen LogP contribution >= 0.6 is 23.2 Å². The predicted molar refractivity (Wildman–Crippen MR) is 117 cm³/mol. The molecule has 1 aromatic heterocycles. The van der Waals surface area contributed by atoms with E-state index in [9.17, 15) is 9.59 Å². The van der Waals surface area contributed by atoms with E-state index in [0.29, 0.717) is 21.5 Å². The van der Waals surface area contributed by atoms with Crippen molar-refractivity contribution in [2.45, 2.75) is 0 Å². The van der Waals surface area contributed by atoms with Gasteiger partial charge in [-0.3, -0.25) is 4.79 Å². The van der Waals surface area contributed by atoms with E-state index < -0.39 is 5.97 Å². The van der Waals surface area contributed by atoms with Crippen LogP contribution in [0.2, 0.25) is 10.0 Å². The van der Waals surface area contributed by atoms with Gasteiger partial charge in [0, 0.05) is 11.1 Å². The molecule has 8 heteroatoms. The highest BCUT2D eigenvalue weighted by molar-refractivity contribution is 6.32. The molecule has 0 saturated carbocycles. The zero-order chi connectivity index (χ0) is 21.8. The van der Waals surface area contributed by atoms with Crippen LogP contribution in [0, 0.1) is 0 Å². The molecule has 0 bridgehead atoms. The average Bonchev–Trinajstić information content (AvgIpc) is 2.77. The number of carbonyl (C=O) groups excluding carboxylic acids is 1. The largest absolute Gasteiger partial charge is 0.482 e. The molecule has 156 valence electrons. The molecule has 0 fully saturated rings. The fraction of sp³-hybridized carbons (Fsp3) is 0.0435. The molecular weight excluding hydrogens is 443 g/mol. The van der Waals surface area contributed by atoms with Crippen LogP contribution in [0.25, 0.3) is 11.0 Å². The van der Waals surface area contributed by atoms with E-state index in [0.717, 1.165) is 0 Å². The van der Waals surface area contributed by atoms with Crippen molar-refractivity contribution in [2.24, 2.45) is 0 Å².